The van der Waals surface area contributed by atoms with Crippen molar-refractivity contribution in [2.45, 2.75) is 73.9 Å². The summed E-state index contributed by atoms with van der Waals surface area (Å²) in [5.74, 6) is 0.462. The van der Waals surface area contributed by atoms with Gasteiger partial charge in [0.1, 0.15) is 6.04 Å². The molecular formula is C25H31N5O3S. The lowest BCUT2D eigenvalue weighted by atomic mass is 9.98. The summed E-state index contributed by atoms with van der Waals surface area (Å²) in [5.41, 5.74) is -1.22. The zero-order valence-electron chi connectivity index (χ0n) is 19.6. The van der Waals surface area contributed by atoms with Crippen LogP contribution in [0, 0.1) is 5.92 Å². The largest absolute Gasteiger partial charge is 0.389 e. The van der Waals surface area contributed by atoms with Gasteiger partial charge in [0.15, 0.2) is 5.82 Å². The molecule has 1 fully saturated rings. The minimum atomic E-state index is -0.922. The van der Waals surface area contributed by atoms with E-state index in [1.165, 1.54) is 22.5 Å². The van der Waals surface area contributed by atoms with Gasteiger partial charge >= 0.3 is 0 Å². The van der Waals surface area contributed by atoms with Crippen molar-refractivity contribution in [2.24, 2.45) is 5.92 Å². The molecule has 0 saturated heterocycles. The van der Waals surface area contributed by atoms with E-state index in [-0.39, 0.29) is 11.5 Å². The summed E-state index contributed by atoms with van der Waals surface area (Å²) < 4.78 is 2.89. The van der Waals surface area contributed by atoms with Crippen LogP contribution in [0.15, 0.2) is 69.4 Å². The molecule has 1 aromatic carbocycles. The second-order valence-electron chi connectivity index (χ2n) is 9.49. The summed E-state index contributed by atoms with van der Waals surface area (Å²) >= 11 is 1.46. The van der Waals surface area contributed by atoms with E-state index in [1.807, 2.05) is 30.3 Å². The van der Waals surface area contributed by atoms with E-state index in [2.05, 4.69) is 15.5 Å². The Morgan fingerprint density at radius 3 is 2.62 bits per heavy atom. The Morgan fingerprint density at radius 1 is 1.21 bits per heavy atom. The minimum absolute atomic E-state index is 0.299. The Hall–Kier alpha value is -2.91. The number of aliphatic hydroxyl groups is 1. The van der Waals surface area contributed by atoms with Crippen molar-refractivity contribution in [1.82, 2.24) is 19.6 Å². The highest BCUT2D eigenvalue weighted by Crippen LogP contribution is 2.32. The summed E-state index contributed by atoms with van der Waals surface area (Å²) in [7, 11) is 0. The lowest BCUT2D eigenvalue weighted by Gasteiger charge is -2.21. The van der Waals surface area contributed by atoms with E-state index in [4.69, 9.17) is 0 Å². The Kier molecular flexibility index (Phi) is 7.53. The quantitative estimate of drug-likeness (QED) is 0.477. The van der Waals surface area contributed by atoms with Crippen molar-refractivity contribution < 1.29 is 9.90 Å². The molecule has 2 aromatic heterocycles. The van der Waals surface area contributed by atoms with Gasteiger partial charge in [0, 0.05) is 28.1 Å². The second-order valence-corrected chi connectivity index (χ2v) is 10.6. The minimum Gasteiger partial charge on any atom is -0.389 e. The van der Waals surface area contributed by atoms with Crippen LogP contribution in [-0.4, -0.2) is 36.2 Å². The number of carbonyl (C=O) groups is 1. The highest BCUT2D eigenvalue weighted by atomic mass is 32.2. The lowest BCUT2D eigenvalue weighted by molar-refractivity contribution is -0.120. The molecule has 3 aromatic rings. The first-order valence-corrected chi connectivity index (χ1v) is 12.5. The molecule has 9 heteroatoms. The van der Waals surface area contributed by atoms with Gasteiger partial charge in [-0.1, -0.05) is 55.6 Å². The zero-order valence-corrected chi connectivity index (χ0v) is 20.4. The van der Waals surface area contributed by atoms with Gasteiger partial charge < -0.3 is 10.4 Å². The predicted octanol–water partition coefficient (Wildman–Crippen LogP) is 4.12. The molecule has 180 valence electrons. The van der Waals surface area contributed by atoms with E-state index in [9.17, 15) is 14.7 Å². The van der Waals surface area contributed by atoms with Gasteiger partial charge in [-0.15, -0.1) is 0 Å². The molecule has 1 unspecified atom stereocenters. The average molecular weight is 482 g/mol. The van der Waals surface area contributed by atoms with Crippen LogP contribution in [0.5, 0.6) is 0 Å². The monoisotopic (exact) mass is 481 g/mol. The molecule has 0 aliphatic heterocycles. The highest BCUT2D eigenvalue weighted by Gasteiger charge is 2.29. The number of aromatic nitrogens is 4. The number of anilines is 1. The van der Waals surface area contributed by atoms with Gasteiger partial charge in [-0.25, -0.2) is 4.68 Å². The molecule has 4 rings (SSSR count). The molecule has 1 amide bonds. The van der Waals surface area contributed by atoms with Crippen LogP contribution >= 0.6 is 11.8 Å². The van der Waals surface area contributed by atoms with Gasteiger partial charge in [-0.05, 0) is 38.3 Å². The van der Waals surface area contributed by atoms with Gasteiger partial charge in [0.25, 0.3) is 11.5 Å². The van der Waals surface area contributed by atoms with E-state index in [1.54, 1.807) is 37.0 Å². The molecule has 1 aliphatic carbocycles. The van der Waals surface area contributed by atoms with E-state index in [0.717, 1.165) is 35.5 Å². The molecule has 1 aliphatic rings. The Bertz CT molecular complexity index is 1160. The van der Waals surface area contributed by atoms with E-state index < -0.39 is 11.6 Å². The van der Waals surface area contributed by atoms with Crippen LogP contribution in [0.4, 0.5) is 5.82 Å². The molecule has 2 heterocycles. The van der Waals surface area contributed by atoms with Crippen molar-refractivity contribution in [3.63, 3.8) is 0 Å². The normalized spacial score (nSPS) is 15.4. The first kappa shape index (κ1) is 24.2. The van der Waals surface area contributed by atoms with Crippen molar-refractivity contribution >= 4 is 23.5 Å². The smallest absolute Gasteiger partial charge is 0.268 e. The van der Waals surface area contributed by atoms with Crippen LogP contribution < -0.4 is 10.9 Å². The molecule has 2 N–H and O–H groups in total. The number of benzene rings is 1. The standard InChI is InChI=1S/C25H31N5O3S/c1-25(2,33)17-29-13-12-22(28-29)27-24(32)21(14-18-8-6-7-9-18)30-23(31)15-20(16-26-30)34-19-10-4-3-5-11-19/h3-5,10-13,15-16,18,21,33H,6-9,14,17H2,1-2H3,(H,27,28,32). The Labute approximate surface area is 203 Å². The molecule has 0 bridgehead atoms. The third-order valence-corrected chi connectivity index (χ3v) is 6.82. The van der Waals surface area contributed by atoms with Crippen LogP contribution in [-0.2, 0) is 11.3 Å². The van der Waals surface area contributed by atoms with Crippen molar-refractivity contribution in [3.8, 4) is 0 Å². The molecule has 34 heavy (non-hydrogen) atoms. The van der Waals surface area contributed by atoms with Gasteiger partial charge in [0.05, 0.1) is 18.3 Å². The maximum Gasteiger partial charge on any atom is 0.268 e. The number of amides is 1. The molecule has 1 saturated carbocycles. The summed E-state index contributed by atoms with van der Waals surface area (Å²) in [5, 5.41) is 21.6. The van der Waals surface area contributed by atoms with E-state index >= 15 is 0 Å². The maximum atomic E-state index is 13.3. The number of hydrogen-bond acceptors (Lipinski definition) is 6. The number of rotatable bonds is 9. The lowest BCUT2D eigenvalue weighted by Crippen LogP contribution is -2.36. The summed E-state index contributed by atoms with van der Waals surface area (Å²) in [6.45, 7) is 3.70. The van der Waals surface area contributed by atoms with Crippen molar-refractivity contribution in [3.05, 3.63) is 65.2 Å². The van der Waals surface area contributed by atoms with Crippen LogP contribution in [0.25, 0.3) is 0 Å². The van der Waals surface area contributed by atoms with Crippen molar-refractivity contribution in [2.75, 3.05) is 5.32 Å². The SMILES string of the molecule is CC(C)(O)Cn1ccc(NC(=O)C(CC2CCCC2)n2ncc(Sc3ccccc3)cc2=O)n1. The second kappa shape index (κ2) is 10.6. The van der Waals surface area contributed by atoms with Crippen LogP contribution in [0.3, 0.4) is 0 Å². The number of hydrogen-bond donors (Lipinski definition) is 2. The number of nitrogens with one attached hydrogen (secondary N) is 1. The average Bonchev–Trinajstić information content (AvgIpc) is 3.44. The fourth-order valence-electron chi connectivity index (χ4n) is 4.32. The predicted molar refractivity (Wildman–Crippen MR) is 132 cm³/mol. The summed E-state index contributed by atoms with van der Waals surface area (Å²) in [6.07, 6.45) is 8.33. The zero-order chi connectivity index (χ0) is 24.1. The van der Waals surface area contributed by atoms with Gasteiger partial charge in [-0.2, -0.15) is 10.2 Å². The maximum absolute atomic E-state index is 13.3. The fraction of sp³-hybridized carbons (Fsp3) is 0.440. The summed E-state index contributed by atoms with van der Waals surface area (Å²) in [6, 6.07) is 12.3. The Morgan fingerprint density at radius 2 is 1.94 bits per heavy atom. The van der Waals surface area contributed by atoms with Crippen LogP contribution in [0.1, 0.15) is 52.0 Å². The number of nitrogens with zero attached hydrogens (tertiary/aromatic N) is 4. The van der Waals surface area contributed by atoms with Gasteiger partial charge in [-0.3, -0.25) is 14.3 Å². The third kappa shape index (κ3) is 6.57. The first-order valence-electron chi connectivity index (χ1n) is 11.7. The molecule has 8 nitrogen and oxygen atoms in total. The van der Waals surface area contributed by atoms with Crippen molar-refractivity contribution in [1.29, 1.82) is 0 Å². The Balaban J connectivity index is 1.53. The van der Waals surface area contributed by atoms with Crippen LogP contribution in [0.2, 0.25) is 0 Å². The number of carbonyl (C=O) groups excluding carboxylic acids is 1. The highest BCUT2D eigenvalue weighted by molar-refractivity contribution is 7.99. The third-order valence-electron chi connectivity index (χ3n) is 5.85. The first-order chi connectivity index (χ1) is 16.3. The molecular weight excluding hydrogens is 450 g/mol. The molecule has 1 atom stereocenters. The molecule has 0 radical (unpaired) electrons. The summed E-state index contributed by atoms with van der Waals surface area (Å²) in [4.78, 5) is 28.1. The fourth-order valence-corrected chi connectivity index (χ4v) is 5.14. The molecule has 0 spiro atoms. The topological polar surface area (TPSA) is 102 Å². The van der Waals surface area contributed by atoms with Gasteiger partial charge in [0.2, 0.25) is 0 Å². The van der Waals surface area contributed by atoms with E-state index in [0.29, 0.717) is 24.7 Å².